The van der Waals surface area contributed by atoms with Crippen LogP contribution >= 0.6 is 7.92 Å². The predicted octanol–water partition coefficient (Wildman–Crippen LogP) is 11.1. The maximum atomic E-state index is 6.27. The lowest BCUT2D eigenvalue weighted by molar-refractivity contribution is 0.357. The van der Waals surface area contributed by atoms with Gasteiger partial charge < -0.3 is 9.47 Å². The summed E-state index contributed by atoms with van der Waals surface area (Å²) in [5, 5.41) is 1.42. The molecular formula is C37H53O2P. The monoisotopic (exact) mass is 560 g/mol. The molecule has 0 saturated heterocycles. The Kier molecular flexibility index (Phi) is 9.89. The first kappa shape index (κ1) is 32.2. The van der Waals surface area contributed by atoms with Gasteiger partial charge in [-0.25, -0.2) is 0 Å². The highest BCUT2D eigenvalue weighted by molar-refractivity contribution is 7.69. The van der Waals surface area contributed by atoms with Crippen LogP contribution in [0, 0.1) is 0 Å². The minimum absolute atomic E-state index is 0.0537. The third kappa shape index (κ3) is 6.28. The van der Waals surface area contributed by atoms with Crippen LogP contribution in [0.2, 0.25) is 0 Å². The van der Waals surface area contributed by atoms with Crippen LogP contribution < -0.4 is 14.8 Å². The maximum Gasteiger partial charge on any atom is 0.169 e. The van der Waals surface area contributed by atoms with Crippen molar-refractivity contribution in [2.75, 3.05) is 14.2 Å². The van der Waals surface area contributed by atoms with Crippen LogP contribution in [0.3, 0.4) is 0 Å². The molecule has 0 N–H and O–H groups in total. The van der Waals surface area contributed by atoms with Crippen LogP contribution in [0.15, 0.2) is 48.5 Å². The van der Waals surface area contributed by atoms with Crippen LogP contribution in [-0.4, -0.2) is 24.5 Å². The quantitative estimate of drug-likeness (QED) is 0.255. The Balaban J connectivity index is 2.71. The fraction of sp³-hybridized carbons (Fsp3) is 0.514. The number of hydrogen-bond donors (Lipinski definition) is 0. The Bertz CT molecular complexity index is 1290. The zero-order valence-corrected chi connectivity index (χ0v) is 28.5. The smallest absolute Gasteiger partial charge is 0.169 e. The second-order valence-corrected chi connectivity index (χ2v) is 17.7. The lowest BCUT2D eigenvalue weighted by atomic mass is 9.76. The van der Waals surface area contributed by atoms with E-state index in [-0.39, 0.29) is 10.3 Å². The van der Waals surface area contributed by atoms with Crippen LogP contribution in [0.1, 0.15) is 118 Å². The van der Waals surface area contributed by atoms with Crippen molar-refractivity contribution in [3.63, 3.8) is 0 Å². The highest BCUT2D eigenvalue weighted by atomic mass is 31.1. The Morgan fingerprint density at radius 2 is 1.15 bits per heavy atom. The van der Waals surface area contributed by atoms with E-state index in [0.717, 1.165) is 11.5 Å². The summed E-state index contributed by atoms with van der Waals surface area (Å²) in [4.78, 5) is 0. The lowest BCUT2D eigenvalue weighted by Crippen LogP contribution is -2.33. The second-order valence-electron chi connectivity index (χ2n) is 13.9. The molecule has 0 aliphatic carbocycles. The fourth-order valence-corrected chi connectivity index (χ4v) is 10.7. The molecule has 2 nitrogen and oxygen atoms in total. The summed E-state index contributed by atoms with van der Waals surface area (Å²) >= 11 is 0. The van der Waals surface area contributed by atoms with Crippen LogP contribution in [0.25, 0.3) is 22.3 Å². The van der Waals surface area contributed by atoms with Crippen molar-refractivity contribution >= 4 is 13.2 Å². The average molecular weight is 561 g/mol. The topological polar surface area (TPSA) is 18.5 Å². The predicted molar refractivity (Wildman–Crippen MR) is 179 cm³/mol. The summed E-state index contributed by atoms with van der Waals surface area (Å²) in [6.45, 7) is 28.4. The molecule has 3 rings (SSSR count). The van der Waals surface area contributed by atoms with Crippen molar-refractivity contribution in [2.24, 2.45) is 0 Å². The summed E-state index contributed by atoms with van der Waals surface area (Å²) in [5.41, 5.74) is 9.65. The molecule has 0 aliphatic heterocycles. The van der Waals surface area contributed by atoms with Crippen LogP contribution in [-0.2, 0) is 0 Å². The molecule has 0 heterocycles. The highest BCUT2D eigenvalue weighted by Gasteiger charge is 2.41. The minimum Gasteiger partial charge on any atom is -0.493 e. The van der Waals surface area contributed by atoms with Crippen molar-refractivity contribution in [1.82, 2.24) is 0 Å². The van der Waals surface area contributed by atoms with Gasteiger partial charge in [0.1, 0.15) is 0 Å². The van der Waals surface area contributed by atoms with E-state index in [0.29, 0.717) is 17.8 Å². The first-order chi connectivity index (χ1) is 18.6. The molecule has 0 aromatic heterocycles. The van der Waals surface area contributed by atoms with E-state index in [4.69, 9.17) is 9.47 Å². The molecule has 0 spiro atoms. The molecule has 40 heavy (non-hydrogen) atoms. The Labute approximate surface area is 246 Å². The van der Waals surface area contributed by atoms with E-state index in [1.165, 1.54) is 44.2 Å². The van der Waals surface area contributed by atoms with Gasteiger partial charge in [-0.05, 0) is 79.1 Å². The van der Waals surface area contributed by atoms with E-state index in [9.17, 15) is 0 Å². The van der Waals surface area contributed by atoms with E-state index in [1.807, 2.05) is 0 Å². The van der Waals surface area contributed by atoms with Gasteiger partial charge in [0, 0.05) is 5.30 Å². The average Bonchev–Trinajstić information content (AvgIpc) is 2.85. The normalized spacial score (nSPS) is 12.7. The molecule has 0 bridgehead atoms. The summed E-state index contributed by atoms with van der Waals surface area (Å²) < 4.78 is 12.2. The highest BCUT2D eigenvalue weighted by Crippen LogP contribution is 2.62. The molecule has 218 valence electrons. The Morgan fingerprint density at radius 3 is 1.57 bits per heavy atom. The van der Waals surface area contributed by atoms with Crippen molar-refractivity contribution in [3.8, 4) is 33.8 Å². The number of benzene rings is 3. The van der Waals surface area contributed by atoms with Crippen molar-refractivity contribution in [3.05, 3.63) is 65.2 Å². The third-order valence-corrected chi connectivity index (χ3v) is 11.2. The Hall–Kier alpha value is -2.31. The number of hydrogen-bond acceptors (Lipinski definition) is 2. The molecule has 0 amide bonds. The molecule has 0 aliphatic rings. The molecule has 3 aromatic carbocycles. The summed E-state index contributed by atoms with van der Waals surface area (Å²) in [7, 11) is 2.87. The first-order valence-electron chi connectivity index (χ1n) is 14.9. The van der Waals surface area contributed by atoms with Gasteiger partial charge in [-0.3, -0.25) is 0 Å². The molecule has 0 saturated carbocycles. The van der Waals surface area contributed by atoms with Gasteiger partial charge in [-0.1, -0.05) is 127 Å². The molecule has 0 atom stereocenters. The number of ether oxygens (including phenoxy) is 2. The van der Waals surface area contributed by atoms with Gasteiger partial charge in [0.25, 0.3) is 0 Å². The standard InChI is InChI=1S/C37H53O2P/c1-23(2)28-22-29(24(3)4)33(31(25(5)6)32(28)26-18-16-15-17-19-26)27-20-21-30(38-13)34(39-14)35(27)40(36(7,8)9)37(10,11)12/h15-25H,1-14H3. The van der Waals surface area contributed by atoms with Gasteiger partial charge in [0.15, 0.2) is 11.5 Å². The molecule has 3 aromatic rings. The SMILES string of the molecule is COc1ccc(-c2c(C(C)C)cc(C(C)C)c(-c3ccccc3)c2C(C)C)c(P(C(C)(C)C)C(C)(C)C)c1OC. The summed E-state index contributed by atoms with van der Waals surface area (Å²) in [6.07, 6.45) is 0. The zero-order valence-electron chi connectivity index (χ0n) is 27.6. The number of rotatable bonds is 8. The Morgan fingerprint density at radius 1 is 0.625 bits per heavy atom. The van der Waals surface area contributed by atoms with Gasteiger partial charge in [0.2, 0.25) is 0 Å². The van der Waals surface area contributed by atoms with Crippen molar-refractivity contribution in [1.29, 1.82) is 0 Å². The summed E-state index contributed by atoms with van der Waals surface area (Å²) in [6, 6.07) is 17.9. The van der Waals surface area contributed by atoms with E-state index >= 15 is 0 Å². The maximum absolute atomic E-state index is 6.27. The zero-order chi connectivity index (χ0) is 30.2. The summed E-state index contributed by atoms with van der Waals surface area (Å²) in [5.74, 6) is 2.80. The van der Waals surface area contributed by atoms with Crippen molar-refractivity contribution < 1.29 is 9.47 Å². The van der Waals surface area contributed by atoms with E-state index in [2.05, 4.69) is 132 Å². The molecular weight excluding hydrogens is 507 g/mol. The van der Waals surface area contributed by atoms with E-state index < -0.39 is 7.92 Å². The van der Waals surface area contributed by atoms with Gasteiger partial charge >= 0.3 is 0 Å². The minimum atomic E-state index is -0.683. The molecule has 0 fully saturated rings. The second kappa shape index (κ2) is 12.3. The first-order valence-corrected chi connectivity index (χ1v) is 16.2. The van der Waals surface area contributed by atoms with Gasteiger partial charge in [0.05, 0.1) is 14.2 Å². The van der Waals surface area contributed by atoms with Crippen molar-refractivity contribution in [2.45, 2.75) is 111 Å². The van der Waals surface area contributed by atoms with Gasteiger partial charge in [-0.15, -0.1) is 0 Å². The molecule has 3 heteroatoms. The third-order valence-electron chi connectivity index (χ3n) is 7.66. The number of methoxy groups -OCH3 is 2. The molecule has 0 unspecified atom stereocenters. The molecule has 0 radical (unpaired) electrons. The van der Waals surface area contributed by atoms with Crippen LogP contribution in [0.4, 0.5) is 0 Å². The van der Waals surface area contributed by atoms with Crippen LogP contribution in [0.5, 0.6) is 11.5 Å². The van der Waals surface area contributed by atoms with Gasteiger partial charge in [-0.2, -0.15) is 0 Å². The fourth-order valence-electron chi connectivity index (χ4n) is 6.47. The largest absolute Gasteiger partial charge is 0.493 e. The van der Waals surface area contributed by atoms with E-state index in [1.54, 1.807) is 14.2 Å². The lowest BCUT2D eigenvalue weighted by Gasteiger charge is -2.43.